The summed E-state index contributed by atoms with van der Waals surface area (Å²) >= 11 is 2.13. The number of furan rings is 1. The van der Waals surface area contributed by atoms with Crippen LogP contribution in [0.3, 0.4) is 0 Å². The number of rotatable bonds is 8. The molecule has 0 atom stereocenters. The highest BCUT2D eigenvalue weighted by Gasteiger charge is 2.18. The SMILES string of the molecule is CC(C)(C)NS(=O)(=O)N=Cc1cc2cc(COc3ccccc3CC(=O)O)cc(I)c2o1. The first-order valence-corrected chi connectivity index (χ1v) is 12.2. The maximum Gasteiger partial charge on any atom is 0.320 e. The van der Waals surface area contributed by atoms with E-state index in [2.05, 4.69) is 31.7 Å². The van der Waals surface area contributed by atoms with Crippen molar-refractivity contribution in [3.05, 3.63) is 62.9 Å². The van der Waals surface area contributed by atoms with E-state index in [1.165, 1.54) is 6.21 Å². The van der Waals surface area contributed by atoms with Gasteiger partial charge in [0.05, 0.1) is 16.2 Å². The van der Waals surface area contributed by atoms with E-state index in [9.17, 15) is 13.2 Å². The van der Waals surface area contributed by atoms with Crippen molar-refractivity contribution in [1.82, 2.24) is 4.72 Å². The summed E-state index contributed by atoms with van der Waals surface area (Å²) in [6, 6.07) is 12.5. The van der Waals surface area contributed by atoms with E-state index in [4.69, 9.17) is 14.3 Å². The van der Waals surface area contributed by atoms with Crippen LogP contribution in [0.25, 0.3) is 11.0 Å². The minimum absolute atomic E-state index is 0.121. The van der Waals surface area contributed by atoms with E-state index in [0.717, 1.165) is 14.5 Å². The number of carbonyl (C=O) groups is 1. The van der Waals surface area contributed by atoms with Crippen molar-refractivity contribution in [3.8, 4) is 5.75 Å². The number of halogens is 1. The highest BCUT2D eigenvalue weighted by molar-refractivity contribution is 14.1. The number of nitrogens with one attached hydrogen (secondary N) is 1. The predicted molar refractivity (Wildman–Crippen MR) is 130 cm³/mol. The summed E-state index contributed by atoms with van der Waals surface area (Å²) in [4.78, 5) is 11.1. The molecule has 0 aliphatic heterocycles. The smallest absolute Gasteiger partial charge is 0.320 e. The summed E-state index contributed by atoms with van der Waals surface area (Å²) < 4.78 is 42.6. The number of aliphatic carboxylic acids is 1. The van der Waals surface area contributed by atoms with Crippen molar-refractivity contribution in [2.24, 2.45) is 4.40 Å². The van der Waals surface area contributed by atoms with Crippen LogP contribution in [0.5, 0.6) is 5.75 Å². The Bertz CT molecular complexity index is 1280. The zero-order chi connectivity index (χ0) is 23.5. The van der Waals surface area contributed by atoms with Crippen LogP contribution in [-0.2, 0) is 28.0 Å². The molecule has 170 valence electrons. The number of fused-ring (bicyclic) bond motifs is 1. The van der Waals surface area contributed by atoms with Crippen LogP contribution < -0.4 is 9.46 Å². The zero-order valence-electron chi connectivity index (χ0n) is 17.8. The molecular formula is C22H23IN2O6S. The second-order valence-corrected chi connectivity index (χ2v) is 10.7. The monoisotopic (exact) mass is 570 g/mol. The van der Waals surface area contributed by atoms with Gasteiger partial charge in [-0.25, -0.2) is 0 Å². The quantitative estimate of drug-likeness (QED) is 0.308. The molecule has 0 saturated heterocycles. The van der Waals surface area contributed by atoms with Crippen molar-refractivity contribution >= 4 is 56.0 Å². The number of ether oxygens (including phenoxy) is 1. The molecule has 2 N–H and O–H groups in total. The van der Waals surface area contributed by atoms with Crippen LogP contribution >= 0.6 is 22.6 Å². The Morgan fingerprint density at radius 3 is 2.66 bits per heavy atom. The Morgan fingerprint density at radius 2 is 1.97 bits per heavy atom. The molecule has 1 aromatic heterocycles. The molecule has 10 heteroatoms. The van der Waals surface area contributed by atoms with Gasteiger partial charge in [-0.3, -0.25) is 4.79 Å². The summed E-state index contributed by atoms with van der Waals surface area (Å²) in [5.74, 6) is -0.104. The average molecular weight is 570 g/mol. The molecule has 0 saturated carbocycles. The highest BCUT2D eigenvalue weighted by Crippen LogP contribution is 2.27. The Kier molecular flexibility index (Phi) is 7.25. The van der Waals surface area contributed by atoms with Crippen LogP contribution in [0, 0.1) is 3.57 Å². The molecular weight excluding hydrogens is 547 g/mol. The van der Waals surface area contributed by atoms with Crippen LogP contribution in [0.4, 0.5) is 0 Å². The van der Waals surface area contributed by atoms with Crippen LogP contribution in [0.1, 0.15) is 37.7 Å². The molecule has 0 aliphatic rings. The summed E-state index contributed by atoms with van der Waals surface area (Å²) in [6.07, 6.45) is 1.05. The van der Waals surface area contributed by atoms with Crippen molar-refractivity contribution in [1.29, 1.82) is 0 Å². The molecule has 0 radical (unpaired) electrons. The largest absolute Gasteiger partial charge is 0.489 e. The van der Waals surface area contributed by atoms with Crippen molar-refractivity contribution < 1.29 is 27.5 Å². The van der Waals surface area contributed by atoms with Gasteiger partial charge in [0.1, 0.15) is 23.7 Å². The van der Waals surface area contributed by atoms with Gasteiger partial charge in [-0.05, 0) is 73.2 Å². The van der Waals surface area contributed by atoms with Gasteiger partial charge in [-0.15, -0.1) is 0 Å². The van der Waals surface area contributed by atoms with Gasteiger partial charge in [0.25, 0.3) is 0 Å². The third-order valence-electron chi connectivity index (χ3n) is 4.11. The number of para-hydroxylation sites is 1. The molecule has 2 aromatic carbocycles. The zero-order valence-corrected chi connectivity index (χ0v) is 20.7. The molecule has 32 heavy (non-hydrogen) atoms. The first-order valence-electron chi connectivity index (χ1n) is 9.65. The third-order valence-corrected chi connectivity index (χ3v) is 6.17. The first-order chi connectivity index (χ1) is 14.9. The Hall–Kier alpha value is -2.44. The first kappa shape index (κ1) is 24.2. The van der Waals surface area contributed by atoms with Gasteiger partial charge < -0.3 is 14.3 Å². The normalized spacial score (nSPS) is 12.5. The molecule has 8 nitrogen and oxygen atoms in total. The second kappa shape index (κ2) is 9.59. The van der Waals surface area contributed by atoms with E-state index >= 15 is 0 Å². The molecule has 0 bridgehead atoms. The van der Waals surface area contributed by atoms with Gasteiger partial charge in [0.15, 0.2) is 0 Å². The van der Waals surface area contributed by atoms with E-state index < -0.39 is 21.7 Å². The number of benzene rings is 2. The van der Waals surface area contributed by atoms with Gasteiger partial charge in [0, 0.05) is 16.5 Å². The van der Waals surface area contributed by atoms with Gasteiger partial charge >= 0.3 is 16.2 Å². The minimum Gasteiger partial charge on any atom is -0.489 e. The maximum atomic E-state index is 12.1. The fourth-order valence-electron chi connectivity index (χ4n) is 2.98. The van der Waals surface area contributed by atoms with Crippen LogP contribution in [-0.4, -0.2) is 31.2 Å². The topological polar surface area (TPSA) is 118 Å². The second-order valence-electron chi connectivity index (χ2n) is 8.17. The summed E-state index contributed by atoms with van der Waals surface area (Å²) in [6.45, 7) is 5.43. The van der Waals surface area contributed by atoms with Gasteiger partial charge in [-0.1, -0.05) is 18.2 Å². The third kappa shape index (κ3) is 6.78. The Morgan fingerprint density at radius 1 is 1.25 bits per heavy atom. The van der Waals surface area contributed by atoms with Crippen molar-refractivity contribution in [3.63, 3.8) is 0 Å². The van der Waals surface area contributed by atoms with Crippen LogP contribution in [0.15, 0.2) is 51.3 Å². The number of carboxylic acids is 1. The lowest BCUT2D eigenvalue weighted by atomic mass is 10.1. The number of carboxylic acid groups (broad SMARTS) is 1. The fraction of sp³-hybridized carbons (Fsp3) is 0.273. The maximum absolute atomic E-state index is 12.1. The molecule has 0 aliphatic carbocycles. The molecule has 1 heterocycles. The predicted octanol–water partition coefficient (Wildman–Crippen LogP) is 4.30. The number of hydrogen-bond donors (Lipinski definition) is 2. The standard InChI is InChI=1S/C22H23IN2O6S/c1-22(2,3)25-32(28,29)24-12-17-10-16-8-14(9-18(23)21(16)31-17)13-30-19-7-5-4-6-15(19)11-20(26)27/h4-10,12,25H,11,13H2,1-3H3,(H,26,27). The molecule has 0 amide bonds. The molecule has 3 aromatic rings. The lowest BCUT2D eigenvalue weighted by molar-refractivity contribution is -0.136. The van der Waals surface area contributed by atoms with Gasteiger partial charge in [-0.2, -0.15) is 17.5 Å². The Balaban J connectivity index is 1.79. The van der Waals surface area contributed by atoms with Crippen molar-refractivity contribution in [2.45, 2.75) is 39.3 Å². The molecule has 3 rings (SSSR count). The van der Waals surface area contributed by atoms with Crippen LogP contribution in [0.2, 0.25) is 0 Å². The van der Waals surface area contributed by atoms with E-state index in [-0.39, 0.29) is 13.0 Å². The summed E-state index contributed by atoms with van der Waals surface area (Å²) in [5, 5.41) is 9.84. The van der Waals surface area contributed by atoms with E-state index in [1.54, 1.807) is 51.1 Å². The fourth-order valence-corrected chi connectivity index (χ4v) is 4.88. The molecule has 0 unspecified atom stereocenters. The minimum atomic E-state index is -3.85. The van der Waals surface area contributed by atoms with E-state index in [0.29, 0.717) is 22.7 Å². The highest BCUT2D eigenvalue weighted by atomic mass is 127. The van der Waals surface area contributed by atoms with E-state index in [1.807, 2.05) is 12.1 Å². The summed E-state index contributed by atoms with van der Waals surface area (Å²) in [5.41, 5.74) is 1.43. The Labute approximate surface area is 200 Å². The van der Waals surface area contributed by atoms with Gasteiger partial charge in [0.2, 0.25) is 0 Å². The summed E-state index contributed by atoms with van der Waals surface area (Å²) in [7, 11) is -3.85. The number of hydrogen-bond acceptors (Lipinski definition) is 5. The average Bonchev–Trinajstić information content (AvgIpc) is 3.07. The number of nitrogens with zero attached hydrogens (tertiary/aromatic N) is 1. The molecule has 0 spiro atoms. The lowest BCUT2D eigenvalue weighted by Gasteiger charge is -2.17. The molecule has 0 fully saturated rings. The van der Waals surface area contributed by atoms with Crippen molar-refractivity contribution in [2.75, 3.05) is 0 Å². The lowest BCUT2D eigenvalue weighted by Crippen LogP contribution is -2.39.